The van der Waals surface area contributed by atoms with E-state index in [4.69, 9.17) is 0 Å². The molecule has 1 aliphatic rings. The number of nitrogens with one attached hydrogen (secondary N) is 1. The van der Waals surface area contributed by atoms with Crippen LogP contribution in [-0.2, 0) is 6.42 Å². The van der Waals surface area contributed by atoms with Crippen LogP contribution in [0.5, 0.6) is 0 Å². The van der Waals surface area contributed by atoms with Crippen LogP contribution in [0.4, 0.5) is 5.95 Å². The number of anilines is 1. The van der Waals surface area contributed by atoms with Gasteiger partial charge in [0.25, 0.3) is 0 Å². The summed E-state index contributed by atoms with van der Waals surface area (Å²) in [7, 11) is 0. The minimum absolute atomic E-state index is 0.415. The van der Waals surface area contributed by atoms with Gasteiger partial charge >= 0.3 is 0 Å². The van der Waals surface area contributed by atoms with Crippen LogP contribution in [0.3, 0.4) is 0 Å². The molecule has 1 fully saturated rings. The molecule has 0 spiro atoms. The lowest BCUT2D eigenvalue weighted by atomic mass is 9.95. The molecule has 0 aliphatic heterocycles. The summed E-state index contributed by atoms with van der Waals surface area (Å²) in [4.78, 5) is 5.95. The SMILES string of the molecule is CC(Cc1cccs1)Nc1nccn1C1CCCCC1. The van der Waals surface area contributed by atoms with Crippen LogP contribution in [0.1, 0.15) is 49.9 Å². The highest BCUT2D eigenvalue weighted by Crippen LogP contribution is 2.30. The molecule has 1 atom stereocenters. The first-order chi connectivity index (χ1) is 9.83. The zero-order chi connectivity index (χ0) is 13.8. The first-order valence-electron chi connectivity index (χ1n) is 7.64. The van der Waals surface area contributed by atoms with E-state index in [1.807, 2.05) is 17.5 Å². The highest BCUT2D eigenvalue weighted by molar-refractivity contribution is 7.09. The van der Waals surface area contributed by atoms with Crippen LogP contribution >= 0.6 is 11.3 Å². The van der Waals surface area contributed by atoms with E-state index in [0.717, 1.165) is 12.4 Å². The summed E-state index contributed by atoms with van der Waals surface area (Å²) >= 11 is 1.83. The summed E-state index contributed by atoms with van der Waals surface area (Å²) in [6.07, 6.45) is 11.8. The molecule has 20 heavy (non-hydrogen) atoms. The Kier molecular flexibility index (Phi) is 4.41. The van der Waals surface area contributed by atoms with Crippen LogP contribution in [0, 0.1) is 0 Å². The van der Waals surface area contributed by atoms with Gasteiger partial charge in [0.2, 0.25) is 5.95 Å². The summed E-state index contributed by atoms with van der Waals surface area (Å²) < 4.78 is 2.35. The zero-order valence-corrected chi connectivity index (χ0v) is 12.9. The number of hydrogen-bond donors (Lipinski definition) is 1. The zero-order valence-electron chi connectivity index (χ0n) is 12.1. The summed E-state index contributed by atoms with van der Waals surface area (Å²) in [5, 5.41) is 5.73. The standard InChI is InChI=1S/C16H23N3S/c1-13(12-15-8-5-11-20-15)18-16-17-9-10-19(16)14-6-3-2-4-7-14/h5,8-11,13-14H,2-4,6-7,12H2,1H3,(H,17,18). The Morgan fingerprint density at radius 2 is 2.25 bits per heavy atom. The van der Waals surface area contributed by atoms with Gasteiger partial charge in [0.05, 0.1) is 0 Å². The molecule has 0 amide bonds. The van der Waals surface area contributed by atoms with E-state index >= 15 is 0 Å². The van der Waals surface area contributed by atoms with Crippen molar-refractivity contribution in [3.63, 3.8) is 0 Å². The molecule has 2 heterocycles. The van der Waals surface area contributed by atoms with Crippen molar-refractivity contribution >= 4 is 17.3 Å². The molecule has 1 N–H and O–H groups in total. The predicted octanol–water partition coefficient (Wildman–Crippen LogP) is 4.49. The lowest BCUT2D eigenvalue weighted by Gasteiger charge is -2.25. The van der Waals surface area contributed by atoms with Crippen molar-refractivity contribution in [1.82, 2.24) is 9.55 Å². The highest BCUT2D eigenvalue weighted by atomic mass is 32.1. The first-order valence-corrected chi connectivity index (χ1v) is 8.52. The Labute approximate surface area is 125 Å². The molecule has 0 radical (unpaired) electrons. The van der Waals surface area contributed by atoms with Gasteiger partial charge in [-0.05, 0) is 31.2 Å². The fraction of sp³-hybridized carbons (Fsp3) is 0.562. The van der Waals surface area contributed by atoms with Crippen molar-refractivity contribution in [3.8, 4) is 0 Å². The molecule has 3 nitrogen and oxygen atoms in total. The number of hydrogen-bond acceptors (Lipinski definition) is 3. The van der Waals surface area contributed by atoms with E-state index in [1.165, 1.54) is 37.0 Å². The molecule has 108 valence electrons. The molecule has 0 aromatic carbocycles. The third-order valence-electron chi connectivity index (χ3n) is 4.10. The maximum atomic E-state index is 4.52. The second-order valence-corrected chi connectivity index (χ2v) is 6.81. The van der Waals surface area contributed by atoms with E-state index in [2.05, 4.69) is 45.5 Å². The summed E-state index contributed by atoms with van der Waals surface area (Å²) in [6.45, 7) is 2.24. The average molecular weight is 289 g/mol. The lowest BCUT2D eigenvalue weighted by molar-refractivity contribution is 0.355. The third-order valence-corrected chi connectivity index (χ3v) is 5.00. The van der Waals surface area contributed by atoms with E-state index in [9.17, 15) is 0 Å². The van der Waals surface area contributed by atoms with Gasteiger partial charge in [-0.15, -0.1) is 11.3 Å². The monoisotopic (exact) mass is 289 g/mol. The van der Waals surface area contributed by atoms with Crippen LogP contribution < -0.4 is 5.32 Å². The summed E-state index contributed by atoms with van der Waals surface area (Å²) in [5.41, 5.74) is 0. The van der Waals surface area contributed by atoms with Crippen molar-refractivity contribution < 1.29 is 0 Å². The highest BCUT2D eigenvalue weighted by Gasteiger charge is 2.18. The smallest absolute Gasteiger partial charge is 0.203 e. The van der Waals surface area contributed by atoms with E-state index in [0.29, 0.717) is 12.1 Å². The van der Waals surface area contributed by atoms with Gasteiger partial charge in [-0.2, -0.15) is 0 Å². The largest absolute Gasteiger partial charge is 0.353 e. The van der Waals surface area contributed by atoms with Gasteiger partial charge in [0, 0.05) is 35.8 Å². The maximum Gasteiger partial charge on any atom is 0.203 e. The topological polar surface area (TPSA) is 29.9 Å². The fourth-order valence-electron chi connectivity index (χ4n) is 3.08. The molecule has 2 aromatic heterocycles. The van der Waals surface area contributed by atoms with Crippen molar-refractivity contribution in [2.75, 3.05) is 5.32 Å². The van der Waals surface area contributed by atoms with E-state index in [1.54, 1.807) is 0 Å². The Bertz CT molecular complexity index is 512. The molecular weight excluding hydrogens is 266 g/mol. The van der Waals surface area contributed by atoms with E-state index in [-0.39, 0.29) is 0 Å². The van der Waals surface area contributed by atoms with Crippen LogP contribution in [0.2, 0.25) is 0 Å². The van der Waals surface area contributed by atoms with Gasteiger partial charge in [-0.25, -0.2) is 4.98 Å². The van der Waals surface area contributed by atoms with Crippen molar-refractivity contribution in [2.45, 2.75) is 57.5 Å². The third kappa shape index (κ3) is 3.23. The second-order valence-electron chi connectivity index (χ2n) is 5.78. The number of aromatic nitrogens is 2. The van der Waals surface area contributed by atoms with Gasteiger partial charge in [0.1, 0.15) is 0 Å². The molecule has 0 saturated heterocycles. The van der Waals surface area contributed by atoms with Crippen molar-refractivity contribution in [3.05, 3.63) is 34.8 Å². The normalized spacial score (nSPS) is 18.1. The number of rotatable bonds is 5. The van der Waals surface area contributed by atoms with Crippen LogP contribution in [-0.4, -0.2) is 15.6 Å². The molecule has 1 saturated carbocycles. The predicted molar refractivity (Wildman–Crippen MR) is 85.5 cm³/mol. The van der Waals surface area contributed by atoms with Gasteiger partial charge < -0.3 is 9.88 Å². The Hall–Kier alpha value is -1.29. The Balaban J connectivity index is 1.63. The van der Waals surface area contributed by atoms with Crippen molar-refractivity contribution in [1.29, 1.82) is 0 Å². The first kappa shape index (κ1) is 13.7. The quantitative estimate of drug-likeness (QED) is 0.878. The average Bonchev–Trinajstić information content (AvgIpc) is 3.11. The second kappa shape index (κ2) is 6.44. The molecule has 2 aromatic rings. The minimum atomic E-state index is 0.415. The van der Waals surface area contributed by atoms with Gasteiger partial charge in [-0.1, -0.05) is 25.3 Å². The van der Waals surface area contributed by atoms with Crippen LogP contribution in [0.25, 0.3) is 0 Å². The molecule has 4 heteroatoms. The van der Waals surface area contributed by atoms with Gasteiger partial charge in [0.15, 0.2) is 0 Å². The molecule has 3 rings (SSSR count). The van der Waals surface area contributed by atoms with Crippen LogP contribution in [0.15, 0.2) is 29.9 Å². The fourth-order valence-corrected chi connectivity index (χ4v) is 3.92. The minimum Gasteiger partial charge on any atom is -0.353 e. The van der Waals surface area contributed by atoms with Crippen molar-refractivity contribution in [2.24, 2.45) is 0 Å². The molecule has 0 bridgehead atoms. The van der Waals surface area contributed by atoms with E-state index < -0.39 is 0 Å². The van der Waals surface area contributed by atoms with Gasteiger partial charge in [-0.3, -0.25) is 0 Å². The number of imidazole rings is 1. The Morgan fingerprint density at radius 3 is 3.00 bits per heavy atom. The lowest BCUT2D eigenvalue weighted by Crippen LogP contribution is -2.22. The maximum absolute atomic E-state index is 4.52. The number of thiophene rings is 1. The summed E-state index contributed by atoms with van der Waals surface area (Å²) in [6, 6.07) is 5.38. The Morgan fingerprint density at radius 1 is 1.40 bits per heavy atom. The molecular formula is C16H23N3S. The molecule has 1 aliphatic carbocycles. The molecule has 1 unspecified atom stereocenters. The number of nitrogens with zero attached hydrogens (tertiary/aromatic N) is 2. The summed E-state index contributed by atoms with van der Waals surface area (Å²) in [5.74, 6) is 1.04.